The Morgan fingerprint density at radius 3 is 2.59 bits per heavy atom. The van der Waals surface area contributed by atoms with Crippen molar-refractivity contribution in [1.29, 1.82) is 0 Å². The minimum absolute atomic E-state index is 0.0214. The summed E-state index contributed by atoms with van der Waals surface area (Å²) in [5.41, 5.74) is 0.262. The number of nitrogens with one attached hydrogen (secondary N) is 1. The van der Waals surface area contributed by atoms with E-state index in [1.54, 1.807) is 35.9 Å². The number of rotatable bonds is 10. The summed E-state index contributed by atoms with van der Waals surface area (Å²) in [4.78, 5) is 12.8. The van der Waals surface area contributed by atoms with Gasteiger partial charge in [0.25, 0.3) is 0 Å². The quantitative estimate of drug-likeness (QED) is 0.368. The fourth-order valence-corrected chi connectivity index (χ4v) is 5.76. The van der Waals surface area contributed by atoms with E-state index in [2.05, 4.69) is 15.5 Å². The average Bonchev–Trinajstić information content (AvgIpc) is 3.26. The van der Waals surface area contributed by atoms with E-state index in [0.29, 0.717) is 40.7 Å². The van der Waals surface area contributed by atoms with Gasteiger partial charge >= 0.3 is 0 Å². The number of anilines is 1. The molecule has 1 aliphatic heterocycles. The molecule has 3 aromatic rings. The maximum Gasteiger partial charge on any atom is 0.243 e. The second-order valence-electron chi connectivity index (χ2n) is 7.92. The van der Waals surface area contributed by atoms with Crippen LogP contribution in [0, 0.1) is 0 Å². The topological polar surface area (TPSA) is 125 Å². The van der Waals surface area contributed by atoms with Crippen LogP contribution in [0.25, 0.3) is 0 Å². The van der Waals surface area contributed by atoms with Crippen molar-refractivity contribution in [2.75, 3.05) is 44.5 Å². The summed E-state index contributed by atoms with van der Waals surface area (Å²) < 4.78 is 45.4. The van der Waals surface area contributed by atoms with Crippen LogP contribution in [0.3, 0.4) is 0 Å². The number of carbonyl (C=O) groups is 1. The molecule has 0 unspecified atom stereocenters. The molecular formula is C23H26ClN5O6S2. The van der Waals surface area contributed by atoms with Crippen LogP contribution >= 0.6 is 23.4 Å². The van der Waals surface area contributed by atoms with E-state index in [4.69, 9.17) is 25.8 Å². The van der Waals surface area contributed by atoms with Gasteiger partial charge in [-0.2, -0.15) is 4.31 Å². The number of hydrogen-bond acceptors (Lipinski definition) is 9. The number of ether oxygens (including phenoxy) is 3. The van der Waals surface area contributed by atoms with Crippen molar-refractivity contribution in [2.24, 2.45) is 7.05 Å². The average molecular weight is 568 g/mol. The zero-order chi connectivity index (χ0) is 26.4. The summed E-state index contributed by atoms with van der Waals surface area (Å²) in [6.07, 6.45) is 0. The van der Waals surface area contributed by atoms with Crippen molar-refractivity contribution < 1.29 is 27.4 Å². The molecule has 37 heavy (non-hydrogen) atoms. The van der Waals surface area contributed by atoms with E-state index < -0.39 is 10.0 Å². The number of sulfonamides is 1. The van der Waals surface area contributed by atoms with Gasteiger partial charge in [-0.1, -0.05) is 23.4 Å². The first-order valence-corrected chi connectivity index (χ1v) is 14.0. The molecule has 0 saturated carbocycles. The van der Waals surface area contributed by atoms with Crippen molar-refractivity contribution in [3.63, 3.8) is 0 Å². The van der Waals surface area contributed by atoms with E-state index in [1.807, 2.05) is 0 Å². The van der Waals surface area contributed by atoms with Gasteiger partial charge in [0.05, 0.1) is 36.7 Å². The molecule has 0 radical (unpaired) electrons. The van der Waals surface area contributed by atoms with Crippen LogP contribution in [0.1, 0.15) is 5.82 Å². The van der Waals surface area contributed by atoms with Gasteiger partial charge in [-0.15, -0.1) is 10.2 Å². The summed E-state index contributed by atoms with van der Waals surface area (Å²) in [6, 6.07) is 11.4. The molecule has 1 N–H and O–H groups in total. The predicted molar refractivity (Wildman–Crippen MR) is 139 cm³/mol. The first-order valence-electron chi connectivity index (χ1n) is 11.2. The smallest absolute Gasteiger partial charge is 0.243 e. The van der Waals surface area contributed by atoms with Crippen LogP contribution in [0.5, 0.6) is 11.5 Å². The van der Waals surface area contributed by atoms with Gasteiger partial charge in [0, 0.05) is 25.2 Å². The highest BCUT2D eigenvalue weighted by molar-refractivity contribution is 7.99. The largest absolute Gasteiger partial charge is 0.495 e. The van der Waals surface area contributed by atoms with Crippen molar-refractivity contribution in [3.8, 4) is 11.5 Å². The van der Waals surface area contributed by atoms with E-state index in [0.717, 1.165) is 0 Å². The molecule has 1 saturated heterocycles. The molecule has 1 aromatic heterocycles. The number of halogens is 1. The highest BCUT2D eigenvalue weighted by Crippen LogP contribution is 2.30. The number of carbonyl (C=O) groups excluding carboxylic acids is 1. The van der Waals surface area contributed by atoms with Crippen molar-refractivity contribution in [2.45, 2.75) is 16.7 Å². The lowest BCUT2D eigenvalue weighted by molar-refractivity contribution is -0.113. The molecule has 198 valence electrons. The summed E-state index contributed by atoms with van der Waals surface area (Å²) in [5.74, 6) is 1.24. The molecule has 14 heteroatoms. The lowest BCUT2D eigenvalue weighted by Crippen LogP contribution is -2.40. The van der Waals surface area contributed by atoms with Gasteiger partial charge < -0.3 is 24.1 Å². The second-order valence-corrected chi connectivity index (χ2v) is 11.2. The monoisotopic (exact) mass is 567 g/mol. The Labute approximate surface area is 224 Å². The Morgan fingerprint density at radius 1 is 1.16 bits per heavy atom. The fraction of sp³-hybridized carbons (Fsp3) is 0.348. The SMILES string of the molecule is COc1ccc(S(=O)(=O)N2CCOCC2)cc1NC(=O)CSc1nnc(COc2ccc(Cl)cc2)n1C. The number of methoxy groups -OCH3 is 1. The Balaban J connectivity index is 1.38. The van der Waals surface area contributed by atoms with Gasteiger partial charge in [-0.05, 0) is 42.5 Å². The molecule has 0 aliphatic carbocycles. The third-order valence-electron chi connectivity index (χ3n) is 5.49. The molecule has 0 spiro atoms. The maximum absolute atomic E-state index is 13.0. The standard InChI is InChI=1S/C23H26ClN5O6S2/c1-28-21(14-35-17-5-3-16(24)4-6-17)26-27-23(28)36-15-22(30)25-19-13-18(7-8-20(19)33-2)37(31,32)29-9-11-34-12-10-29/h3-8,13H,9-12,14-15H2,1-2H3,(H,25,30). The van der Waals surface area contributed by atoms with Crippen LogP contribution < -0.4 is 14.8 Å². The molecule has 2 heterocycles. The Kier molecular flexibility index (Phi) is 8.92. The van der Waals surface area contributed by atoms with Gasteiger partial charge in [0.1, 0.15) is 18.1 Å². The van der Waals surface area contributed by atoms with Crippen molar-refractivity contribution in [1.82, 2.24) is 19.1 Å². The van der Waals surface area contributed by atoms with Crippen LogP contribution in [0.15, 0.2) is 52.5 Å². The number of morpholine rings is 1. The summed E-state index contributed by atoms with van der Waals surface area (Å²) in [7, 11) is -0.501. The number of nitrogens with zero attached hydrogens (tertiary/aromatic N) is 4. The minimum atomic E-state index is -3.73. The number of aromatic nitrogens is 3. The highest BCUT2D eigenvalue weighted by Gasteiger charge is 2.27. The van der Waals surface area contributed by atoms with Crippen molar-refractivity contribution in [3.05, 3.63) is 53.3 Å². The van der Waals surface area contributed by atoms with Gasteiger partial charge in [-0.3, -0.25) is 4.79 Å². The lowest BCUT2D eigenvalue weighted by Gasteiger charge is -2.26. The normalized spacial score (nSPS) is 14.4. The maximum atomic E-state index is 13.0. The van der Waals surface area contributed by atoms with E-state index in [-0.39, 0.29) is 41.9 Å². The Bertz CT molecular complexity index is 1340. The molecule has 2 aromatic carbocycles. The van der Waals surface area contributed by atoms with Crippen molar-refractivity contribution >= 4 is 45.0 Å². The lowest BCUT2D eigenvalue weighted by atomic mass is 10.3. The zero-order valence-electron chi connectivity index (χ0n) is 20.2. The number of amides is 1. The molecule has 1 aliphatic rings. The summed E-state index contributed by atoms with van der Waals surface area (Å²) in [5, 5.41) is 12.1. The minimum Gasteiger partial charge on any atom is -0.495 e. The molecule has 4 rings (SSSR count). The van der Waals surface area contributed by atoms with E-state index >= 15 is 0 Å². The first kappa shape index (κ1) is 27.2. The van der Waals surface area contributed by atoms with Gasteiger partial charge in [0.15, 0.2) is 11.0 Å². The molecule has 0 bridgehead atoms. The third-order valence-corrected chi connectivity index (χ3v) is 8.66. The van der Waals surface area contributed by atoms with Crippen LogP contribution in [0.4, 0.5) is 5.69 Å². The van der Waals surface area contributed by atoms with Gasteiger partial charge in [-0.25, -0.2) is 8.42 Å². The number of thioether (sulfide) groups is 1. The number of hydrogen-bond donors (Lipinski definition) is 1. The zero-order valence-corrected chi connectivity index (χ0v) is 22.6. The Hall–Kier alpha value is -2.84. The van der Waals surface area contributed by atoms with Gasteiger partial charge in [0.2, 0.25) is 15.9 Å². The molecule has 11 nitrogen and oxygen atoms in total. The first-order chi connectivity index (χ1) is 17.8. The fourth-order valence-electron chi connectivity index (χ4n) is 3.47. The molecule has 0 atom stereocenters. The second kappa shape index (κ2) is 12.1. The van der Waals surface area contributed by atoms with Crippen LogP contribution in [-0.4, -0.2) is 72.6 Å². The highest BCUT2D eigenvalue weighted by atomic mass is 35.5. The Morgan fingerprint density at radius 2 is 1.89 bits per heavy atom. The van der Waals surface area contributed by atoms with E-state index in [9.17, 15) is 13.2 Å². The van der Waals surface area contributed by atoms with Crippen LogP contribution in [-0.2, 0) is 33.2 Å². The van der Waals surface area contributed by atoms with Crippen LogP contribution in [0.2, 0.25) is 5.02 Å². The predicted octanol–water partition coefficient (Wildman–Crippen LogP) is 2.81. The number of benzene rings is 2. The summed E-state index contributed by atoms with van der Waals surface area (Å²) in [6.45, 7) is 1.42. The molecular weight excluding hydrogens is 542 g/mol. The molecule has 1 amide bonds. The summed E-state index contributed by atoms with van der Waals surface area (Å²) >= 11 is 7.08. The third kappa shape index (κ3) is 6.73. The molecule has 1 fully saturated rings. The van der Waals surface area contributed by atoms with E-state index in [1.165, 1.54) is 41.4 Å².